The van der Waals surface area contributed by atoms with Gasteiger partial charge in [0.15, 0.2) is 0 Å². The topological polar surface area (TPSA) is 118 Å². The minimum atomic E-state index is -4.08. The molecular weight excluding hydrogens is 430 g/mol. The van der Waals surface area contributed by atoms with Crippen LogP contribution in [0.5, 0.6) is 5.75 Å². The molecule has 1 aliphatic heterocycles. The lowest BCUT2D eigenvalue weighted by atomic mass is 10.1. The van der Waals surface area contributed by atoms with Gasteiger partial charge in [-0.3, -0.25) is 14.7 Å². The van der Waals surface area contributed by atoms with E-state index in [0.29, 0.717) is 24.7 Å². The van der Waals surface area contributed by atoms with Crippen LogP contribution in [0.25, 0.3) is 11.1 Å². The smallest absolute Gasteiger partial charge is 0.245 e. The van der Waals surface area contributed by atoms with Gasteiger partial charge < -0.3 is 15.4 Å². The van der Waals surface area contributed by atoms with Gasteiger partial charge in [0.2, 0.25) is 15.9 Å². The minimum absolute atomic E-state index is 0.0508. The molecule has 1 amide bonds. The Morgan fingerprint density at radius 1 is 1.16 bits per heavy atom. The highest BCUT2D eigenvalue weighted by Crippen LogP contribution is 2.35. The van der Waals surface area contributed by atoms with Gasteiger partial charge in [-0.15, -0.1) is 0 Å². The lowest BCUT2D eigenvalue weighted by Gasteiger charge is -2.38. The number of aromatic nitrogens is 1. The van der Waals surface area contributed by atoms with Gasteiger partial charge in [0, 0.05) is 56.7 Å². The largest absolute Gasteiger partial charge is 0.495 e. The number of piperazine rings is 1. The molecule has 3 N–H and O–H groups in total. The van der Waals surface area contributed by atoms with E-state index >= 15 is 0 Å². The Kier molecular flexibility index (Phi) is 7.83. The summed E-state index contributed by atoms with van der Waals surface area (Å²) >= 11 is 0. The summed E-state index contributed by atoms with van der Waals surface area (Å²) in [5, 5.41) is 0. The molecule has 3 rings (SSSR count). The Morgan fingerprint density at radius 3 is 2.38 bits per heavy atom. The van der Waals surface area contributed by atoms with E-state index in [2.05, 4.69) is 28.5 Å². The van der Waals surface area contributed by atoms with Crippen molar-refractivity contribution in [3.63, 3.8) is 0 Å². The number of nitrogens with one attached hydrogen (secondary N) is 1. The normalized spacial score (nSPS) is 16.2. The van der Waals surface area contributed by atoms with E-state index in [4.69, 9.17) is 10.5 Å². The van der Waals surface area contributed by atoms with Crippen molar-refractivity contribution in [3.8, 4) is 16.9 Å². The average Bonchev–Trinajstić information content (AvgIpc) is 2.82. The Balaban J connectivity index is 1.83. The first-order valence-electron chi connectivity index (χ1n) is 10.6. The Bertz CT molecular complexity index is 1020. The number of pyridine rings is 1. The second-order valence-electron chi connectivity index (χ2n) is 7.94. The molecule has 174 valence electrons. The number of sulfonamides is 1. The predicted molar refractivity (Wildman–Crippen MR) is 123 cm³/mol. The van der Waals surface area contributed by atoms with Gasteiger partial charge in [-0.1, -0.05) is 12.1 Å². The second kappa shape index (κ2) is 10.4. The fourth-order valence-electron chi connectivity index (χ4n) is 3.83. The quantitative estimate of drug-likeness (QED) is 0.600. The number of carbonyl (C=O) groups excluding carboxylic acids is 1. The summed E-state index contributed by atoms with van der Waals surface area (Å²) in [6.07, 6.45) is 3.24. The molecule has 1 aromatic carbocycles. The highest BCUT2D eigenvalue weighted by atomic mass is 32.2. The van der Waals surface area contributed by atoms with E-state index in [-0.39, 0.29) is 23.1 Å². The molecule has 0 aliphatic carbocycles. The summed E-state index contributed by atoms with van der Waals surface area (Å²) in [6, 6.07) is 7.74. The predicted octanol–water partition coefficient (Wildman–Crippen LogP) is 0.915. The summed E-state index contributed by atoms with van der Waals surface area (Å²) in [4.78, 5) is 20.9. The Morgan fingerprint density at radius 2 is 1.81 bits per heavy atom. The van der Waals surface area contributed by atoms with Crippen molar-refractivity contribution >= 4 is 15.9 Å². The second-order valence-corrected chi connectivity index (χ2v) is 9.62. The van der Waals surface area contributed by atoms with Gasteiger partial charge in [-0.2, -0.15) is 4.72 Å². The van der Waals surface area contributed by atoms with E-state index in [1.807, 2.05) is 0 Å². The lowest BCUT2D eigenvalue weighted by molar-refractivity contribution is -0.134. The monoisotopic (exact) mass is 461 g/mol. The Hall–Kier alpha value is -2.53. The zero-order valence-electron chi connectivity index (χ0n) is 18.7. The molecule has 0 unspecified atom stereocenters. The van der Waals surface area contributed by atoms with E-state index in [9.17, 15) is 13.2 Å². The molecule has 1 aliphatic rings. The van der Waals surface area contributed by atoms with Gasteiger partial charge in [-0.25, -0.2) is 8.42 Å². The molecule has 1 aromatic heterocycles. The number of nitrogens with zero attached hydrogens (tertiary/aromatic N) is 3. The van der Waals surface area contributed by atoms with E-state index in [1.165, 1.54) is 13.2 Å². The van der Waals surface area contributed by atoms with Gasteiger partial charge in [-0.05, 0) is 37.6 Å². The first-order valence-corrected chi connectivity index (χ1v) is 12.1. The zero-order chi connectivity index (χ0) is 23.3. The van der Waals surface area contributed by atoms with Crippen LogP contribution in [0.15, 0.2) is 47.6 Å². The number of benzene rings is 1. The number of ether oxygens (including phenoxy) is 1. The van der Waals surface area contributed by atoms with Gasteiger partial charge in [0.05, 0.1) is 7.11 Å². The number of carbonyl (C=O) groups is 1. The highest BCUT2D eigenvalue weighted by Gasteiger charge is 2.32. The molecule has 0 radical (unpaired) electrons. The van der Waals surface area contributed by atoms with Crippen LogP contribution in [0.4, 0.5) is 0 Å². The summed E-state index contributed by atoms with van der Waals surface area (Å²) in [5.74, 6) is -0.122. The summed E-state index contributed by atoms with van der Waals surface area (Å²) in [7, 11) is -2.67. The van der Waals surface area contributed by atoms with Crippen molar-refractivity contribution in [1.29, 1.82) is 0 Å². The van der Waals surface area contributed by atoms with Crippen LogP contribution in [-0.2, 0) is 14.8 Å². The molecule has 9 nitrogen and oxygen atoms in total. The third-order valence-electron chi connectivity index (χ3n) is 5.65. The number of amides is 1. The van der Waals surface area contributed by atoms with Gasteiger partial charge in [0.25, 0.3) is 0 Å². The number of para-hydroxylation sites is 1. The number of hydrogen-bond acceptors (Lipinski definition) is 7. The van der Waals surface area contributed by atoms with Gasteiger partial charge in [0.1, 0.15) is 16.7 Å². The molecule has 1 saturated heterocycles. The van der Waals surface area contributed by atoms with E-state index in [0.717, 1.165) is 18.7 Å². The van der Waals surface area contributed by atoms with Crippen LogP contribution in [0.1, 0.15) is 13.8 Å². The third-order valence-corrected chi connectivity index (χ3v) is 7.15. The first-order chi connectivity index (χ1) is 15.3. The number of nitrogens with two attached hydrogens (primary N) is 1. The van der Waals surface area contributed by atoms with E-state index in [1.54, 1.807) is 41.6 Å². The van der Waals surface area contributed by atoms with Crippen LogP contribution >= 0.6 is 0 Å². The third kappa shape index (κ3) is 5.26. The minimum Gasteiger partial charge on any atom is -0.495 e. The SMILES string of the molecule is COc1c(-c2ccncc2)cccc1S(=O)(=O)N[C@@H](CN)C(=O)N1CCN(C(C)C)CC1. The first kappa shape index (κ1) is 24.1. The standard InChI is InChI=1S/C22H31N5O4S/c1-16(2)26-11-13-27(14-12-26)22(28)19(15-23)25-32(29,30)20-6-4-5-18(21(20)31-3)17-7-9-24-10-8-17/h4-10,16,19,25H,11-15,23H2,1-3H3/t19-/m0/s1. The molecule has 0 bridgehead atoms. The van der Waals surface area contributed by atoms with Crippen LogP contribution in [-0.4, -0.2) is 81.0 Å². The maximum Gasteiger partial charge on any atom is 0.245 e. The lowest BCUT2D eigenvalue weighted by Crippen LogP contribution is -2.57. The molecule has 2 heterocycles. The maximum absolute atomic E-state index is 13.3. The van der Waals surface area contributed by atoms with Crippen molar-refractivity contribution < 1.29 is 17.9 Å². The van der Waals surface area contributed by atoms with Crippen molar-refractivity contribution in [3.05, 3.63) is 42.7 Å². The number of hydrogen-bond donors (Lipinski definition) is 2. The van der Waals surface area contributed by atoms with Crippen LogP contribution in [0, 0.1) is 0 Å². The molecule has 1 fully saturated rings. The van der Waals surface area contributed by atoms with Crippen molar-refractivity contribution in [2.75, 3.05) is 39.8 Å². The molecule has 32 heavy (non-hydrogen) atoms. The Labute approximate surface area is 189 Å². The van der Waals surface area contributed by atoms with Crippen molar-refractivity contribution in [2.24, 2.45) is 5.73 Å². The van der Waals surface area contributed by atoms with Crippen LogP contribution in [0.2, 0.25) is 0 Å². The highest BCUT2D eigenvalue weighted by molar-refractivity contribution is 7.89. The molecular formula is C22H31N5O4S. The molecule has 0 spiro atoms. The molecule has 2 aromatic rings. The van der Waals surface area contributed by atoms with E-state index < -0.39 is 16.1 Å². The molecule has 1 atom stereocenters. The average molecular weight is 462 g/mol. The van der Waals surface area contributed by atoms with Crippen LogP contribution in [0.3, 0.4) is 0 Å². The fraction of sp³-hybridized carbons (Fsp3) is 0.455. The van der Waals surface area contributed by atoms with Crippen molar-refractivity contribution in [1.82, 2.24) is 19.5 Å². The molecule has 0 saturated carbocycles. The number of methoxy groups -OCH3 is 1. The van der Waals surface area contributed by atoms with Crippen molar-refractivity contribution in [2.45, 2.75) is 30.8 Å². The molecule has 10 heteroatoms. The fourth-order valence-corrected chi connectivity index (χ4v) is 5.22. The summed E-state index contributed by atoms with van der Waals surface area (Å²) < 4.78 is 34.5. The summed E-state index contributed by atoms with van der Waals surface area (Å²) in [5.41, 5.74) is 7.19. The summed E-state index contributed by atoms with van der Waals surface area (Å²) in [6.45, 7) is 6.65. The van der Waals surface area contributed by atoms with Crippen LogP contribution < -0.4 is 15.2 Å². The zero-order valence-corrected chi connectivity index (χ0v) is 19.5. The number of rotatable bonds is 8. The van der Waals surface area contributed by atoms with Gasteiger partial charge >= 0.3 is 0 Å². The maximum atomic E-state index is 13.3.